The van der Waals surface area contributed by atoms with Crippen molar-refractivity contribution < 1.29 is 29.0 Å². The van der Waals surface area contributed by atoms with Crippen LogP contribution in [0, 0.1) is 11.8 Å². The van der Waals surface area contributed by atoms with Gasteiger partial charge in [-0.3, -0.25) is 14.4 Å². The highest BCUT2D eigenvalue weighted by molar-refractivity contribution is 9.09. The Morgan fingerprint density at radius 2 is 1.78 bits per heavy atom. The summed E-state index contributed by atoms with van der Waals surface area (Å²) in [5.74, 6) is -3.11. The van der Waals surface area contributed by atoms with Gasteiger partial charge in [-0.2, -0.15) is 0 Å². The monoisotopic (exact) mass is 693 g/mol. The van der Waals surface area contributed by atoms with Crippen LogP contribution >= 0.6 is 15.9 Å². The zero-order chi connectivity index (χ0) is 33.0. The number of hydrogen-bond donors (Lipinski definition) is 1. The summed E-state index contributed by atoms with van der Waals surface area (Å²) in [5, 5.41) is 10.8. The first-order valence-corrected chi connectivity index (χ1v) is 17.0. The quantitative estimate of drug-likeness (QED) is 0.121. The second kappa shape index (κ2) is 14.5. The predicted molar refractivity (Wildman–Crippen MR) is 182 cm³/mol. The molecule has 0 aliphatic carbocycles. The van der Waals surface area contributed by atoms with E-state index in [1.54, 1.807) is 17.1 Å². The molecule has 246 valence electrons. The number of benzene rings is 2. The zero-order valence-electron chi connectivity index (χ0n) is 26.6. The Morgan fingerprint density at radius 1 is 1.11 bits per heavy atom. The van der Waals surface area contributed by atoms with E-state index >= 15 is 0 Å². The molecule has 0 saturated carbocycles. The number of hydrogen-bond acceptors (Lipinski definition) is 7. The van der Waals surface area contributed by atoms with Crippen molar-refractivity contribution in [2.45, 2.75) is 61.7 Å². The molecule has 2 bridgehead atoms. The highest BCUT2D eigenvalue weighted by Crippen LogP contribution is 2.61. The Hall–Kier alpha value is -3.47. The predicted octanol–water partition coefficient (Wildman–Crippen LogP) is 5.04. The van der Waals surface area contributed by atoms with E-state index in [-0.39, 0.29) is 23.9 Å². The molecule has 10 heteroatoms. The van der Waals surface area contributed by atoms with Gasteiger partial charge in [-0.1, -0.05) is 58.4 Å². The van der Waals surface area contributed by atoms with Gasteiger partial charge in [-0.15, -0.1) is 13.2 Å². The highest BCUT2D eigenvalue weighted by atomic mass is 79.9. The van der Waals surface area contributed by atoms with Crippen molar-refractivity contribution in [1.82, 2.24) is 4.90 Å². The van der Waals surface area contributed by atoms with E-state index in [9.17, 15) is 19.5 Å². The average Bonchev–Trinajstić information content (AvgIpc) is 3.67. The van der Waals surface area contributed by atoms with Crippen LogP contribution in [0.1, 0.15) is 44.7 Å². The summed E-state index contributed by atoms with van der Waals surface area (Å²) in [4.78, 5) is 48.3. The number of rotatable bonds is 15. The molecule has 1 N–H and O–H groups in total. The molecule has 2 amide bonds. The van der Waals surface area contributed by atoms with Crippen LogP contribution in [0.3, 0.4) is 0 Å². The Morgan fingerprint density at radius 3 is 2.39 bits per heavy atom. The number of unbranched alkanes of at least 4 members (excludes halogenated alkanes) is 1. The number of aliphatic hydroxyl groups excluding tert-OH is 1. The van der Waals surface area contributed by atoms with Crippen molar-refractivity contribution in [2.24, 2.45) is 11.8 Å². The average molecular weight is 695 g/mol. The molecule has 3 saturated heterocycles. The molecule has 0 aromatic heterocycles. The summed E-state index contributed by atoms with van der Waals surface area (Å²) in [5.41, 5.74) is 1.06. The number of aliphatic hydroxyl groups is 1. The maximum absolute atomic E-state index is 15.0. The third-order valence-electron chi connectivity index (χ3n) is 9.59. The molecule has 1 spiro atoms. The van der Waals surface area contributed by atoms with Gasteiger partial charge in [0.25, 0.3) is 5.91 Å². The molecule has 3 fully saturated rings. The van der Waals surface area contributed by atoms with Gasteiger partial charge < -0.3 is 29.3 Å². The summed E-state index contributed by atoms with van der Waals surface area (Å²) in [6, 6.07) is 15.0. The molecule has 5 rings (SSSR count). The second-order valence-electron chi connectivity index (χ2n) is 12.0. The van der Waals surface area contributed by atoms with Gasteiger partial charge in [-0.05, 0) is 62.9 Å². The topological polar surface area (TPSA) is 99.6 Å². The van der Waals surface area contributed by atoms with Gasteiger partial charge in [0.15, 0.2) is 0 Å². The summed E-state index contributed by atoms with van der Waals surface area (Å²) in [6.45, 7) is 13.5. The molecule has 9 nitrogen and oxygen atoms in total. The minimum atomic E-state index is -1.30. The van der Waals surface area contributed by atoms with Crippen LogP contribution in [-0.2, 0) is 23.9 Å². The van der Waals surface area contributed by atoms with Crippen LogP contribution in [0.25, 0.3) is 0 Å². The summed E-state index contributed by atoms with van der Waals surface area (Å²) in [6.07, 6.45) is 4.43. The van der Waals surface area contributed by atoms with E-state index in [2.05, 4.69) is 47.8 Å². The number of carbonyl (C=O) groups is 3. The fraction of sp³-hybridized carbons (Fsp3) is 0.472. The molecule has 2 aromatic rings. The number of alkyl halides is 1. The van der Waals surface area contributed by atoms with Crippen LogP contribution < -0.4 is 9.80 Å². The van der Waals surface area contributed by atoms with E-state index in [0.29, 0.717) is 30.5 Å². The Labute approximate surface area is 280 Å². The van der Waals surface area contributed by atoms with Gasteiger partial charge in [0, 0.05) is 35.8 Å². The van der Waals surface area contributed by atoms with Crippen LogP contribution in [0.4, 0.5) is 11.4 Å². The van der Waals surface area contributed by atoms with Crippen molar-refractivity contribution in [2.75, 3.05) is 42.6 Å². The first kappa shape index (κ1) is 33.9. The summed E-state index contributed by atoms with van der Waals surface area (Å²) in [7, 11) is 0. The highest BCUT2D eigenvalue weighted by Gasteiger charge is 2.77. The fourth-order valence-electron chi connectivity index (χ4n) is 7.51. The number of anilines is 2. The lowest BCUT2D eigenvalue weighted by Gasteiger charge is -2.39. The molecule has 7 atom stereocenters. The number of allylic oxidation sites excluding steroid dienone is 1. The smallest absolute Gasteiger partial charge is 0.312 e. The zero-order valence-corrected chi connectivity index (χ0v) is 28.2. The lowest BCUT2D eigenvalue weighted by Crippen LogP contribution is -2.57. The Kier molecular flexibility index (Phi) is 10.7. The van der Waals surface area contributed by atoms with Gasteiger partial charge in [0.2, 0.25) is 5.91 Å². The largest absolute Gasteiger partial charge is 0.465 e. The number of esters is 1. The normalized spacial score (nSPS) is 26.8. The van der Waals surface area contributed by atoms with Crippen molar-refractivity contribution in [3.63, 3.8) is 0 Å². The van der Waals surface area contributed by atoms with Crippen molar-refractivity contribution in [3.8, 4) is 0 Å². The van der Waals surface area contributed by atoms with Crippen LogP contribution in [0.5, 0.6) is 0 Å². The number of halogens is 1. The maximum Gasteiger partial charge on any atom is 0.312 e. The van der Waals surface area contributed by atoms with E-state index in [1.165, 1.54) is 4.90 Å². The third kappa shape index (κ3) is 5.91. The van der Waals surface area contributed by atoms with Gasteiger partial charge in [0.05, 0.1) is 37.2 Å². The van der Waals surface area contributed by atoms with Crippen LogP contribution in [0.2, 0.25) is 0 Å². The molecule has 3 unspecified atom stereocenters. The molecule has 3 heterocycles. The number of likely N-dealkylation sites (tertiary alicyclic amines) is 1. The minimum Gasteiger partial charge on any atom is -0.465 e. The molecular formula is C36H44BrN3O6. The third-order valence-corrected chi connectivity index (χ3v) is 10.4. The lowest BCUT2D eigenvalue weighted by atomic mass is 9.70. The second-order valence-corrected chi connectivity index (χ2v) is 13.2. The first-order chi connectivity index (χ1) is 22.3. The van der Waals surface area contributed by atoms with Gasteiger partial charge in [-0.25, -0.2) is 0 Å². The number of fused-ring (bicyclic) bond motifs is 1. The standard InChI is InChI=1S/C36H44BrN3O6/c1-5-9-13-21-45-35(44)29-30-33(42)40(28(23-41)24-14-11-10-12-15-24)32(36(30)22-27(37)31(29)46-36)34(43)39(20-6-2)26-18-16-25(17-19-26)38(7-3)8-4/h5-6,10-12,14-19,27-32,41H,1-2,7-9,13,20-23H2,3-4H3/t27?,28-,29+,30+,31+,32?,36?/m1/s1. The number of carbonyl (C=O) groups excluding carboxylic acids is 3. The molecule has 3 aliphatic heterocycles. The van der Waals surface area contributed by atoms with Gasteiger partial charge in [0.1, 0.15) is 11.6 Å². The van der Waals surface area contributed by atoms with Crippen LogP contribution in [0.15, 0.2) is 79.9 Å². The molecule has 2 aromatic carbocycles. The SMILES string of the molecule is C=CCCCOC(=O)[C@H]1[C@H]2C(=O)N([C@H](CO)c3ccccc3)C(C(=O)N(CC=C)c3ccc(N(CC)CC)cc3)C23CC(Br)[C@@H]1O3. The lowest BCUT2D eigenvalue weighted by molar-refractivity contribution is -0.155. The van der Waals surface area contributed by atoms with E-state index in [0.717, 1.165) is 18.8 Å². The molecule has 46 heavy (non-hydrogen) atoms. The number of nitrogens with zero attached hydrogens (tertiary/aromatic N) is 3. The van der Waals surface area contributed by atoms with E-state index in [4.69, 9.17) is 9.47 Å². The Bertz CT molecular complexity index is 1420. The summed E-state index contributed by atoms with van der Waals surface area (Å²) < 4.78 is 12.3. The molecule has 3 aliphatic rings. The van der Waals surface area contributed by atoms with Crippen molar-refractivity contribution >= 4 is 45.1 Å². The van der Waals surface area contributed by atoms with E-state index < -0.39 is 54.1 Å². The van der Waals surface area contributed by atoms with Gasteiger partial charge >= 0.3 is 5.97 Å². The summed E-state index contributed by atoms with van der Waals surface area (Å²) >= 11 is 3.72. The number of ether oxygens (including phenoxy) is 2. The maximum atomic E-state index is 15.0. The fourth-order valence-corrected chi connectivity index (χ4v) is 8.45. The van der Waals surface area contributed by atoms with Crippen LogP contribution in [-0.4, -0.2) is 83.2 Å². The number of amides is 2. The Balaban J connectivity index is 1.58. The molecule has 0 radical (unpaired) electrons. The van der Waals surface area contributed by atoms with E-state index in [1.807, 2.05) is 54.6 Å². The minimum absolute atomic E-state index is 0.188. The van der Waals surface area contributed by atoms with Crippen molar-refractivity contribution in [3.05, 3.63) is 85.5 Å². The molecular weight excluding hydrogens is 650 g/mol. The van der Waals surface area contributed by atoms with Crippen molar-refractivity contribution in [1.29, 1.82) is 0 Å². The first-order valence-electron chi connectivity index (χ1n) is 16.1.